The molecule has 37 heavy (non-hydrogen) atoms. The van der Waals surface area contributed by atoms with Crippen molar-refractivity contribution in [2.45, 2.75) is 28.8 Å². The summed E-state index contributed by atoms with van der Waals surface area (Å²) in [6.07, 6.45) is -3.88. The Kier molecular flexibility index (Phi) is 5.07. The van der Waals surface area contributed by atoms with Crippen molar-refractivity contribution in [3.8, 4) is 0 Å². The van der Waals surface area contributed by atoms with Crippen molar-refractivity contribution in [1.82, 2.24) is 4.98 Å². The second-order valence-electron chi connectivity index (χ2n) is 10.1. The molecule has 2 aromatic carbocycles. The number of anilines is 1. The van der Waals surface area contributed by atoms with Gasteiger partial charge < -0.3 is 4.98 Å². The van der Waals surface area contributed by atoms with E-state index in [9.17, 15) is 27.6 Å². The number of amides is 2. The monoisotopic (exact) mass is 562 g/mol. The van der Waals surface area contributed by atoms with Crippen molar-refractivity contribution in [2.24, 2.45) is 29.6 Å². The van der Waals surface area contributed by atoms with Crippen LogP contribution in [0, 0.1) is 29.6 Å². The van der Waals surface area contributed by atoms with Gasteiger partial charge in [-0.15, -0.1) is 11.8 Å². The van der Waals surface area contributed by atoms with Crippen molar-refractivity contribution in [2.75, 3.05) is 4.90 Å². The van der Waals surface area contributed by atoms with Crippen molar-refractivity contribution in [3.05, 3.63) is 79.2 Å². The maximum atomic E-state index is 13.7. The van der Waals surface area contributed by atoms with Crippen LogP contribution in [0.3, 0.4) is 0 Å². The molecule has 5 nitrogen and oxygen atoms in total. The standard InChI is InChI=1S/C26H18ClF3N2O3S2/c27-12-6-4-10(5-7-12)16-17-14-9-15(20(17)36-22-21(16)37-25(35)31-22)19-18(14)23(33)32(24(19)34)13-3-1-2-11(8-13)26(28,29)30/h1-8,14-20H,9H2,(H,31,35)/t14-,15-,16?,17?,18?,19?,20?/m1/s1. The summed E-state index contributed by atoms with van der Waals surface area (Å²) < 4.78 is 40.0. The molecule has 2 amide bonds. The first-order valence-corrected chi connectivity index (χ1v) is 13.9. The molecule has 7 atom stereocenters. The molecule has 3 fully saturated rings. The highest BCUT2D eigenvalue weighted by Crippen LogP contribution is 2.68. The Hall–Kier alpha value is -2.56. The first kappa shape index (κ1) is 23.5. The van der Waals surface area contributed by atoms with Gasteiger partial charge in [-0.25, -0.2) is 0 Å². The van der Waals surface area contributed by atoms with Crippen LogP contribution in [0.1, 0.15) is 28.3 Å². The largest absolute Gasteiger partial charge is 0.416 e. The number of aromatic nitrogens is 1. The molecular formula is C26H18ClF3N2O3S2. The van der Waals surface area contributed by atoms with Gasteiger partial charge in [-0.1, -0.05) is 41.1 Å². The van der Waals surface area contributed by atoms with Gasteiger partial charge >= 0.3 is 11.0 Å². The fraction of sp³-hybridized carbons (Fsp3) is 0.346. The smallest absolute Gasteiger partial charge is 0.307 e. The van der Waals surface area contributed by atoms with Gasteiger partial charge in [0.15, 0.2) is 0 Å². The number of aromatic amines is 1. The van der Waals surface area contributed by atoms with Crippen LogP contribution in [0.5, 0.6) is 0 Å². The molecule has 1 saturated heterocycles. The number of hydrogen-bond acceptors (Lipinski definition) is 5. The van der Waals surface area contributed by atoms with E-state index in [2.05, 4.69) is 4.98 Å². The number of fused-ring (bicyclic) bond motifs is 9. The summed E-state index contributed by atoms with van der Waals surface area (Å²) in [5, 5.41) is 1.39. The van der Waals surface area contributed by atoms with Crippen LogP contribution in [0.25, 0.3) is 0 Å². The number of alkyl halides is 3. The molecule has 2 aliphatic carbocycles. The Morgan fingerprint density at radius 2 is 1.68 bits per heavy atom. The lowest BCUT2D eigenvalue weighted by Gasteiger charge is -2.43. The summed E-state index contributed by atoms with van der Waals surface area (Å²) in [5.41, 5.74) is 0.0600. The topological polar surface area (TPSA) is 70.2 Å². The number of carbonyl (C=O) groups excluding carboxylic acids is 2. The molecule has 2 aliphatic heterocycles. The van der Waals surface area contributed by atoms with Crippen molar-refractivity contribution < 1.29 is 22.8 Å². The number of nitrogens with one attached hydrogen (secondary N) is 1. The maximum Gasteiger partial charge on any atom is 0.416 e. The second-order valence-corrected chi connectivity index (χ2v) is 12.7. The Morgan fingerprint density at radius 1 is 0.973 bits per heavy atom. The van der Waals surface area contributed by atoms with Crippen molar-refractivity contribution in [3.63, 3.8) is 0 Å². The van der Waals surface area contributed by atoms with E-state index in [1.54, 1.807) is 23.9 Å². The number of rotatable bonds is 2. The SMILES string of the molecule is O=C1C2C(C(=O)N1c1cccc(C(F)(F)F)c1)[C@@H]1C[C@H]2C2Sc3[nH]c(=O)sc3C(c3ccc(Cl)cc3)C21. The molecule has 3 aromatic rings. The van der Waals surface area contributed by atoms with E-state index in [0.717, 1.165) is 32.5 Å². The molecule has 1 aromatic heterocycles. The number of imide groups is 1. The van der Waals surface area contributed by atoms with Crippen molar-refractivity contribution in [1.29, 1.82) is 0 Å². The molecule has 11 heteroatoms. The van der Waals surface area contributed by atoms with Gasteiger partial charge in [0, 0.05) is 21.1 Å². The molecule has 7 rings (SSSR count). The van der Waals surface area contributed by atoms with Gasteiger partial charge in [-0.3, -0.25) is 19.3 Å². The second kappa shape index (κ2) is 7.97. The molecule has 1 N–H and O–H groups in total. The molecule has 2 saturated carbocycles. The zero-order chi connectivity index (χ0) is 25.8. The van der Waals surface area contributed by atoms with E-state index in [-0.39, 0.29) is 39.5 Å². The fourth-order valence-electron chi connectivity index (χ4n) is 7.14. The average molecular weight is 563 g/mol. The number of thiazole rings is 1. The maximum absolute atomic E-state index is 13.7. The van der Waals surface area contributed by atoms with Gasteiger partial charge in [0.1, 0.15) is 0 Å². The van der Waals surface area contributed by atoms with Gasteiger partial charge in [0.25, 0.3) is 0 Å². The number of carbonyl (C=O) groups is 2. The minimum atomic E-state index is -4.58. The highest BCUT2D eigenvalue weighted by molar-refractivity contribution is 8.00. The van der Waals surface area contributed by atoms with Crippen LogP contribution in [0.15, 0.2) is 58.4 Å². The summed E-state index contributed by atoms with van der Waals surface area (Å²) in [4.78, 5) is 44.3. The predicted octanol–water partition coefficient (Wildman–Crippen LogP) is 5.79. The zero-order valence-corrected chi connectivity index (χ0v) is 21.3. The lowest BCUT2D eigenvalue weighted by Crippen LogP contribution is -2.42. The van der Waals surface area contributed by atoms with Gasteiger partial charge in [-0.05, 0) is 60.1 Å². The molecule has 4 aliphatic rings. The summed E-state index contributed by atoms with van der Waals surface area (Å²) >= 11 is 8.87. The number of benzene rings is 2. The lowest BCUT2D eigenvalue weighted by atomic mass is 9.68. The molecule has 3 heterocycles. The molecule has 5 unspecified atom stereocenters. The lowest BCUT2D eigenvalue weighted by molar-refractivity contribution is -0.137. The minimum Gasteiger partial charge on any atom is -0.307 e. The average Bonchev–Trinajstić information content (AvgIpc) is 3.58. The number of thioether (sulfide) groups is 1. The molecule has 2 bridgehead atoms. The highest BCUT2D eigenvalue weighted by atomic mass is 35.5. The quantitative estimate of drug-likeness (QED) is 0.402. The third-order valence-corrected chi connectivity index (χ3v) is 11.2. The molecule has 0 radical (unpaired) electrons. The van der Waals surface area contributed by atoms with E-state index < -0.39 is 35.4 Å². The van der Waals surface area contributed by atoms with Crippen LogP contribution in [0.4, 0.5) is 18.9 Å². The van der Waals surface area contributed by atoms with Crippen molar-refractivity contribution >= 4 is 52.2 Å². The van der Waals surface area contributed by atoms with Crippen LogP contribution in [-0.4, -0.2) is 22.0 Å². The van der Waals surface area contributed by atoms with Crippen LogP contribution in [-0.2, 0) is 15.8 Å². The predicted molar refractivity (Wildman–Crippen MR) is 134 cm³/mol. The third-order valence-electron chi connectivity index (χ3n) is 8.38. The Labute approximate surface area is 222 Å². The first-order valence-electron chi connectivity index (χ1n) is 11.8. The fourth-order valence-corrected chi connectivity index (χ4v) is 10.2. The van der Waals surface area contributed by atoms with E-state index in [1.165, 1.54) is 23.5 Å². The molecular weight excluding hydrogens is 545 g/mol. The Balaban J connectivity index is 1.30. The first-order chi connectivity index (χ1) is 17.6. The highest BCUT2D eigenvalue weighted by Gasteiger charge is 2.69. The van der Waals surface area contributed by atoms with Crippen LogP contribution in [0.2, 0.25) is 5.02 Å². The summed E-state index contributed by atoms with van der Waals surface area (Å²) in [6, 6.07) is 11.9. The van der Waals surface area contributed by atoms with E-state index in [4.69, 9.17) is 11.6 Å². The Morgan fingerprint density at radius 3 is 2.38 bits per heavy atom. The van der Waals surface area contributed by atoms with Crippen LogP contribution < -0.4 is 9.77 Å². The van der Waals surface area contributed by atoms with Gasteiger partial charge in [-0.2, -0.15) is 13.2 Å². The number of H-pyrrole nitrogens is 1. The number of halogens is 4. The zero-order valence-electron chi connectivity index (χ0n) is 18.9. The normalized spacial score (nSPS) is 32.0. The van der Waals surface area contributed by atoms with Gasteiger partial charge in [0.2, 0.25) is 11.8 Å². The number of hydrogen-bond donors (Lipinski definition) is 1. The van der Waals surface area contributed by atoms with Gasteiger partial charge in [0.05, 0.1) is 28.1 Å². The van der Waals surface area contributed by atoms with E-state index in [1.807, 2.05) is 12.1 Å². The van der Waals surface area contributed by atoms with E-state index >= 15 is 0 Å². The Bertz CT molecular complexity index is 1520. The summed E-state index contributed by atoms with van der Waals surface area (Å²) in [7, 11) is 0. The summed E-state index contributed by atoms with van der Waals surface area (Å²) in [5.74, 6) is -2.35. The van der Waals surface area contributed by atoms with Crippen LogP contribution >= 0.6 is 34.7 Å². The summed E-state index contributed by atoms with van der Waals surface area (Å²) in [6.45, 7) is 0. The molecule has 190 valence electrons. The molecule has 0 spiro atoms. The number of nitrogens with zero attached hydrogens (tertiary/aromatic N) is 1. The third kappa shape index (κ3) is 3.34. The minimum absolute atomic E-state index is 0.00267. The van der Waals surface area contributed by atoms with E-state index in [0.29, 0.717) is 11.4 Å².